The summed E-state index contributed by atoms with van der Waals surface area (Å²) in [5, 5.41) is 4.47. The first-order chi connectivity index (χ1) is 14.7. The fourth-order valence-electron chi connectivity index (χ4n) is 3.37. The molecular formula is C23H21N3O4. The van der Waals surface area contributed by atoms with Crippen molar-refractivity contribution in [3.63, 3.8) is 0 Å². The van der Waals surface area contributed by atoms with Crippen LogP contribution in [-0.2, 0) is 27.6 Å². The van der Waals surface area contributed by atoms with Gasteiger partial charge in [-0.2, -0.15) is 0 Å². The number of hydrogen-bond donors (Lipinski definition) is 1. The predicted molar refractivity (Wildman–Crippen MR) is 113 cm³/mol. The molecule has 0 aliphatic carbocycles. The number of nitrogens with zero attached hydrogens (tertiary/aromatic N) is 2. The Hall–Kier alpha value is -3.71. The molecule has 7 nitrogen and oxygen atoms in total. The van der Waals surface area contributed by atoms with E-state index in [-0.39, 0.29) is 18.8 Å². The van der Waals surface area contributed by atoms with Crippen molar-refractivity contribution in [2.45, 2.75) is 13.3 Å². The first-order valence-electron chi connectivity index (χ1n) is 9.51. The maximum atomic E-state index is 12.5. The maximum Gasteiger partial charge on any atom is 0.325 e. The van der Waals surface area contributed by atoms with Gasteiger partial charge in [0.05, 0.1) is 17.2 Å². The third-order valence-corrected chi connectivity index (χ3v) is 4.79. The molecule has 0 aliphatic heterocycles. The molecule has 0 saturated carbocycles. The average molecular weight is 403 g/mol. The van der Waals surface area contributed by atoms with Crippen LogP contribution in [0.3, 0.4) is 0 Å². The highest BCUT2D eigenvalue weighted by Crippen LogP contribution is 2.28. The fraction of sp³-hybridized carbons (Fsp3) is 0.174. The SMILES string of the molecule is COCn1c2ccccc2c2cc(C(=O)NCC(=O)OCc3ccccc3)ncc21. The smallest absolute Gasteiger partial charge is 0.325 e. The molecule has 0 spiro atoms. The second kappa shape index (κ2) is 8.75. The number of ether oxygens (including phenoxy) is 2. The lowest BCUT2D eigenvalue weighted by Crippen LogP contribution is -2.31. The number of carbonyl (C=O) groups is 2. The first-order valence-corrected chi connectivity index (χ1v) is 9.51. The standard InChI is InChI=1S/C23H21N3O4/c1-29-15-26-20-10-6-5-9-17(20)18-11-19(24-12-21(18)26)23(28)25-13-22(27)30-14-16-7-3-2-4-8-16/h2-12H,13-15H2,1H3,(H,25,28). The Balaban J connectivity index is 1.47. The van der Waals surface area contributed by atoms with Gasteiger partial charge in [0.25, 0.3) is 5.91 Å². The van der Waals surface area contributed by atoms with Crippen LogP contribution in [-0.4, -0.2) is 35.1 Å². The second-order valence-electron chi connectivity index (χ2n) is 6.78. The van der Waals surface area contributed by atoms with Crippen LogP contribution in [0.1, 0.15) is 16.1 Å². The number of pyridine rings is 1. The molecule has 0 bridgehead atoms. The Kier molecular flexibility index (Phi) is 5.72. The summed E-state index contributed by atoms with van der Waals surface area (Å²) in [6, 6.07) is 19.0. The van der Waals surface area contributed by atoms with Crippen molar-refractivity contribution in [2.24, 2.45) is 0 Å². The Labute approximate surface area is 173 Å². The molecule has 30 heavy (non-hydrogen) atoms. The average Bonchev–Trinajstić information content (AvgIpc) is 3.10. The van der Waals surface area contributed by atoms with Crippen molar-refractivity contribution in [1.29, 1.82) is 0 Å². The van der Waals surface area contributed by atoms with Crippen LogP contribution in [0, 0.1) is 0 Å². The van der Waals surface area contributed by atoms with E-state index in [9.17, 15) is 9.59 Å². The Morgan fingerprint density at radius 3 is 2.57 bits per heavy atom. The molecular weight excluding hydrogens is 382 g/mol. The number of nitrogens with one attached hydrogen (secondary N) is 1. The highest BCUT2D eigenvalue weighted by atomic mass is 16.5. The summed E-state index contributed by atoms with van der Waals surface area (Å²) in [4.78, 5) is 28.7. The Morgan fingerprint density at radius 2 is 1.77 bits per heavy atom. The molecule has 2 heterocycles. The second-order valence-corrected chi connectivity index (χ2v) is 6.78. The van der Waals surface area contributed by atoms with Crippen molar-refractivity contribution in [2.75, 3.05) is 13.7 Å². The van der Waals surface area contributed by atoms with Gasteiger partial charge in [0.15, 0.2) is 0 Å². The van der Waals surface area contributed by atoms with Crippen LogP contribution >= 0.6 is 0 Å². The number of rotatable bonds is 7. The summed E-state index contributed by atoms with van der Waals surface area (Å²) in [6.45, 7) is 0.320. The highest BCUT2D eigenvalue weighted by molar-refractivity contribution is 6.09. The minimum absolute atomic E-state index is 0.165. The monoisotopic (exact) mass is 403 g/mol. The van der Waals surface area contributed by atoms with Gasteiger partial charge in [0.1, 0.15) is 25.6 Å². The van der Waals surface area contributed by atoms with Crippen LogP contribution in [0.15, 0.2) is 66.9 Å². The topological polar surface area (TPSA) is 82.5 Å². The molecule has 1 amide bonds. The molecule has 0 aliphatic rings. The minimum Gasteiger partial charge on any atom is -0.460 e. The molecule has 4 rings (SSSR count). The lowest BCUT2D eigenvalue weighted by Gasteiger charge is -2.07. The first kappa shape index (κ1) is 19.6. The van der Waals surface area contributed by atoms with Gasteiger partial charge in [0, 0.05) is 17.9 Å². The van der Waals surface area contributed by atoms with Gasteiger partial charge in [0.2, 0.25) is 0 Å². The van der Waals surface area contributed by atoms with Crippen LogP contribution in [0.25, 0.3) is 21.8 Å². The summed E-state index contributed by atoms with van der Waals surface area (Å²) in [6.07, 6.45) is 1.65. The number of carbonyl (C=O) groups excluding carboxylic acids is 2. The van der Waals surface area contributed by atoms with E-state index < -0.39 is 11.9 Å². The Bertz CT molecular complexity index is 1200. The number of aromatic nitrogens is 2. The van der Waals surface area contributed by atoms with Crippen molar-refractivity contribution < 1.29 is 19.1 Å². The van der Waals surface area contributed by atoms with E-state index in [0.717, 1.165) is 27.4 Å². The van der Waals surface area contributed by atoms with Gasteiger partial charge in [-0.05, 0) is 17.7 Å². The molecule has 2 aromatic carbocycles. The van der Waals surface area contributed by atoms with E-state index in [4.69, 9.17) is 9.47 Å². The van der Waals surface area contributed by atoms with Gasteiger partial charge >= 0.3 is 5.97 Å². The quantitative estimate of drug-likeness (QED) is 0.479. The van der Waals surface area contributed by atoms with Gasteiger partial charge < -0.3 is 19.4 Å². The summed E-state index contributed by atoms with van der Waals surface area (Å²) >= 11 is 0. The predicted octanol–water partition coefficient (Wildman–Crippen LogP) is 3.27. The third kappa shape index (κ3) is 4.01. The Morgan fingerprint density at radius 1 is 1.00 bits per heavy atom. The van der Waals surface area contributed by atoms with E-state index >= 15 is 0 Å². The lowest BCUT2D eigenvalue weighted by atomic mass is 10.1. The largest absolute Gasteiger partial charge is 0.460 e. The zero-order chi connectivity index (χ0) is 20.9. The van der Waals surface area contributed by atoms with E-state index in [1.807, 2.05) is 59.2 Å². The number of amides is 1. The van der Waals surface area contributed by atoms with E-state index in [1.165, 1.54) is 0 Å². The molecule has 152 valence electrons. The van der Waals surface area contributed by atoms with E-state index in [2.05, 4.69) is 10.3 Å². The molecule has 2 aromatic heterocycles. The van der Waals surface area contributed by atoms with Gasteiger partial charge in [-0.3, -0.25) is 9.59 Å². The van der Waals surface area contributed by atoms with E-state index in [0.29, 0.717) is 6.73 Å². The van der Waals surface area contributed by atoms with Gasteiger partial charge in [-0.1, -0.05) is 48.5 Å². The maximum absolute atomic E-state index is 12.5. The molecule has 0 radical (unpaired) electrons. The number of fused-ring (bicyclic) bond motifs is 3. The summed E-state index contributed by atoms with van der Waals surface area (Å²) < 4.78 is 12.5. The molecule has 1 N–H and O–H groups in total. The lowest BCUT2D eigenvalue weighted by molar-refractivity contribution is -0.143. The highest BCUT2D eigenvalue weighted by Gasteiger charge is 2.15. The normalized spacial score (nSPS) is 11.0. The van der Waals surface area contributed by atoms with Crippen molar-refractivity contribution in [3.05, 3.63) is 78.1 Å². The van der Waals surface area contributed by atoms with Crippen molar-refractivity contribution >= 4 is 33.7 Å². The zero-order valence-electron chi connectivity index (χ0n) is 16.5. The molecule has 7 heteroatoms. The molecule has 0 unspecified atom stereocenters. The fourth-order valence-corrected chi connectivity index (χ4v) is 3.37. The summed E-state index contributed by atoms with van der Waals surface area (Å²) in [7, 11) is 1.63. The molecule has 0 fully saturated rings. The van der Waals surface area contributed by atoms with Crippen molar-refractivity contribution in [3.8, 4) is 0 Å². The van der Waals surface area contributed by atoms with Gasteiger partial charge in [-0.15, -0.1) is 0 Å². The zero-order valence-corrected chi connectivity index (χ0v) is 16.5. The van der Waals surface area contributed by atoms with Crippen LogP contribution in [0.2, 0.25) is 0 Å². The number of para-hydroxylation sites is 1. The number of methoxy groups -OCH3 is 1. The number of esters is 1. The van der Waals surface area contributed by atoms with Crippen LogP contribution < -0.4 is 5.32 Å². The number of hydrogen-bond acceptors (Lipinski definition) is 5. The molecule has 0 saturated heterocycles. The number of benzene rings is 2. The summed E-state index contributed by atoms with van der Waals surface area (Å²) in [5.41, 5.74) is 2.99. The minimum atomic E-state index is -0.509. The van der Waals surface area contributed by atoms with Crippen LogP contribution in [0.5, 0.6) is 0 Å². The summed E-state index contributed by atoms with van der Waals surface area (Å²) in [5.74, 6) is -0.942. The van der Waals surface area contributed by atoms with E-state index in [1.54, 1.807) is 19.4 Å². The van der Waals surface area contributed by atoms with Crippen molar-refractivity contribution in [1.82, 2.24) is 14.9 Å². The van der Waals surface area contributed by atoms with Crippen LogP contribution in [0.4, 0.5) is 0 Å². The van der Waals surface area contributed by atoms with Gasteiger partial charge in [-0.25, -0.2) is 4.98 Å². The third-order valence-electron chi connectivity index (χ3n) is 4.79. The molecule has 0 atom stereocenters. The molecule has 4 aromatic rings.